The van der Waals surface area contributed by atoms with E-state index in [1.165, 1.54) is 7.11 Å². The van der Waals surface area contributed by atoms with Gasteiger partial charge >= 0.3 is 5.97 Å². The highest BCUT2D eigenvalue weighted by atomic mass is 16.5. The fourth-order valence-electron chi connectivity index (χ4n) is 1.99. The van der Waals surface area contributed by atoms with Gasteiger partial charge in [0.15, 0.2) is 0 Å². The lowest BCUT2D eigenvalue weighted by Gasteiger charge is -2.31. The smallest absolute Gasteiger partial charge is 0.312 e. The van der Waals surface area contributed by atoms with E-state index in [0.29, 0.717) is 0 Å². The van der Waals surface area contributed by atoms with Crippen molar-refractivity contribution < 1.29 is 14.6 Å². The molecule has 0 bridgehead atoms. The lowest BCUT2D eigenvalue weighted by Crippen LogP contribution is -2.42. The maximum absolute atomic E-state index is 11.6. The van der Waals surface area contributed by atoms with Crippen molar-refractivity contribution in [1.82, 2.24) is 0 Å². The Labute approximate surface area is 92.1 Å². The van der Waals surface area contributed by atoms with E-state index < -0.39 is 11.5 Å². The van der Waals surface area contributed by atoms with Gasteiger partial charge in [0.2, 0.25) is 0 Å². The summed E-state index contributed by atoms with van der Waals surface area (Å²) < 4.78 is 4.71. The quantitative estimate of drug-likeness (QED) is 0.576. The average molecular weight is 214 g/mol. The summed E-state index contributed by atoms with van der Waals surface area (Å²) in [5.74, 6) is -0.868. The lowest BCUT2D eigenvalue weighted by molar-refractivity contribution is -0.154. The van der Waals surface area contributed by atoms with Crippen LogP contribution in [0.2, 0.25) is 0 Å². The summed E-state index contributed by atoms with van der Waals surface area (Å²) in [6.07, 6.45) is 1.70. The van der Waals surface area contributed by atoms with E-state index in [9.17, 15) is 9.90 Å². The Hall–Kier alpha value is -0.830. The minimum Gasteiger partial charge on any atom is -0.469 e. The van der Waals surface area contributed by atoms with Crippen molar-refractivity contribution in [3.8, 4) is 0 Å². The number of methoxy groups -OCH3 is 1. The second-order valence-electron chi connectivity index (χ2n) is 4.69. The summed E-state index contributed by atoms with van der Waals surface area (Å²) in [7, 11) is 1.34. The molecule has 0 rings (SSSR count). The fourth-order valence-corrected chi connectivity index (χ4v) is 1.99. The SMILES string of the molecule is COC(=O)C(C(C)C)C(C)(O)C=C(C)C. The number of carbonyl (C=O) groups excluding carboxylic acids is 1. The summed E-state index contributed by atoms with van der Waals surface area (Å²) in [4.78, 5) is 11.6. The molecule has 0 aromatic rings. The highest BCUT2D eigenvalue weighted by Gasteiger charge is 2.38. The third-order valence-corrected chi connectivity index (χ3v) is 2.33. The second-order valence-corrected chi connectivity index (χ2v) is 4.69. The van der Waals surface area contributed by atoms with Crippen LogP contribution in [-0.2, 0) is 9.53 Å². The maximum atomic E-state index is 11.6. The first-order chi connectivity index (χ1) is 6.72. The molecule has 2 atom stereocenters. The molecule has 0 aromatic heterocycles. The monoisotopic (exact) mass is 214 g/mol. The number of aliphatic hydroxyl groups is 1. The standard InChI is InChI=1S/C12H22O3/c1-8(2)7-12(5,14)10(9(3)4)11(13)15-6/h7,9-10,14H,1-6H3. The molecule has 2 unspecified atom stereocenters. The summed E-state index contributed by atoms with van der Waals surface area (Å²) in [6.45, 7) is 9.22. The zero-order valence-corrected chi connectivity index (χ0v) is 10.5. The third-order valence-electron chi connectivity index (χ3n) is 2.33. The third kappa shape index (κ3) is 4.04. The van der Waals surface area contributed by atoms with E-state index in [-0.39, 0.29) is 11.9 Å². The molecule has 0 aliphatic rings. The van der Waals surface area contributed by atoms with Crippen LogP contribution >= 0.6 is 0 Å². The minimum atomic E-state index is -1.15. The summed E-state index contributed by atoms with van der Waals surface area (Å²) in [5, 5.41) is 10.2. The van der Waals surface area contributed by atoms with Gasteiger partial charge in [0.1, 0.15) is 0 Å². The first-order valence-corrected chi connectivity index (χ1v) is 5.18. The molecule has 3 nitrogen and oxygen atoms in total. The molecule has 0 aromatic carbocycles. The van der Waals surface area contributed by atoms with Crippen LogP contribution in [0.1, 0.15) is 34.6 Å². The highest BCUT2D eigenvalue weighted by Crippen LogP contribution is 2.28. The van der Waals surface area contributed by atoms with Gasteiger partial charge in [-0.25, -0.2) is 0 Å². The maximum Gasteiger partial charge on any atom is 0.312 e. The zero-order chi connectivity index (χ0) is 12.2. The molecule has 0 aliphatic heterocycles. The number of carbonyl (C=O) groups is 1. The molecule has 3 heteroatoms. The van der Waals surface area contributed by atoms with Gasteiger partial charge in [-0.2, -0.15) is 0 Å². The van der Waals surface area contributed by atoms with Crippen molar-refractivity contribution in [3.05, 3.63) is 11.6 Å². The Morgan fingerprint density at radius 2 is 1.87 bits per heavy atom. The molecule has 0 saturated heterocycles. The van der Waals surface area contributed by atoms with Crippen molar-refractivity contribution in [2.24, 2.45) is 11.8 Å². The molecule has 0 saturated carbocycles. The van der Waals surface area contributed by atoms with Crippen LogP contribution in [0, 0.1) is 11.8 Å². The molecular formula is C12H22O3. The van der Waals surface area contributed by atoms with Crippen LogP contribution in [0.4, 0.5) is 0 Å². The van der Waals surface area contributed by atoms with E-state index in [1.807, 2.05) is 27.7 Å². The first kappa shape index (κ1) is 14.2. The normalized spacial score (nSPS) is 16.8. The van der Waals surface area contributed by atoms with Gasteiger partial charge in [-0.3, -0.25) is 4.79 Å². The van der Waals surface area contributed by atoms with Gasteiger partial charge in [0.05, 0.1) is 18.6 Å². The van der Waals surface area contributed by atoms with Crippen LogP contribution in [0.25, 0.3) is 0 Å². The molecule has 15 heavy (non-hydrogen) atoms. The van der Waals surface area contributed by atoms with E-state index in [2.05, 4.69) is 0 Å². The van der Waals surface area contributed by atoms with E-state index >= 15 is 0 Å². The molecule has 0 aliphatic carbocycles. The van der Waals surface area contributed by atoms with Crippen LogP contribution in [-0.4, -0.2) is 23.8 Å². The van der Waals surface area contributed by atoms with Gasteiger partial charge in [-0.15, -0.1) is 0 Å². The summed E-state index contributed by atoms with van der Waals surface area (Å²) in [6, 6.07) is 0. The summed E-state index contributed by atoms with van der Waals surface area (Å²) in [5.41, 5.74) is -0.172. The number of hydrogen-bond donors (Lipinski definition) is 1. The number of hydrogen-bond acceptors (Lipinski definition) is 3. The van der Waals surface area contributed by atoms with Crippen molar-refractivity contribution in [2.75, 3.05) is 7.11 Å². The second kappa shape index (κ2) is 5.31. The van der Waals surface area contributed by atoms with Crippen LogP contribution in [0.15, 0.2) is 11.6 Å². The zero-order valence-electron chi connectivity index (χ0n) is 10.5. The number of ether oxygens (including phenoxy) is 1. The van der Waals surface area contributed by atoms with Crippen LogP contribution in [0.3, 0.4) is 0 Å². The van der Waals surface area contributed by atoms with Crippen LogP contribution < -0.4 is 0 Å². The molecule has 88 valence electrons. The predicted molar refractivity (Wildman–Crippen MR) is 60.4 cm³/mol. The Morgan fingerprint density at radius 1 is 1.40 bits per heavy atom. The van der Waals surface area contributed by atoms with Gasteiger partial charge in [0.25, 0.3) is 0 Å². The van der Waals surface area contributed by atoms with Crippen molar-refractivity contribution in [1.29, 1.82) is 0 Å². The Balaban J connectivity index is 5.07. The Kier molecular flexibility index (Phi) is 5.01. The fraction of sp³-hybridized carbons (Fsp3) is 0.750. The molecule has 0 spiro atoms. The molecule has 1 N–H and O–H groups in total. The minimum absolute atomic E-state index is 0.0306. The van der Waals surface area contributed by atoms with Gasteiger partial charge in [-0.05, 0) is 26.7 Å². The highest BCUT2D eigenvalue weighted by molar-refractivity contribution is 5.74. The molecule has 0 amide bonds. The van der Waals surface area contributed by atoms with Crippen LogP contribution in [0.5, 0.6) is 0 Å². The van der Waals surface area contributed by atoms with E-state index in [4.69, 9.17) is 4.74 Å². The largest absolute Gasteiger partial charge is 0.469 e. The number of allylic oxidation sites excluding steroid dienone is 1. The number of esters is 1. The number of rotatable bonds is 4. The van der Waals surface area contributed by atoms with Gasteiger partial charge in [-0.1, -0.05) is 25.5 Å². The molecule has 0 heterocycles. The van der Waals surface area contributed by atoms with Crippen molar-refractivity contribution >= 4 is 5.97 Å². The van der Waals surface area contributed by atoms with E-state index in [0.717, 1.165) is 5.57 Å². The average Bonchev–Trinajstić information content (AvgIpc) is 1.99. The Morgan fingerprint density at radius 3 is 2.13 bits per heavy atom. The first-order valence-electron chi connectivity index (χ1n) is 5.18. The van der Waals surface area contributed by atoms with E-state index in [1.54, 1.807) is 13.0 Å². The summed E-state index contributed by atoms with van der Waals surface area (Å²) >= 11 is 0. The lowest BCUT2D eigenvalue weighted by atomic mass is 9.80. The topological polar surface area (TPSA) is 46.5 Å². The molecular weight excluding hydrogens is 192 g/mol. The Bertz CT molecular complexity index is 248. The molecule has 0 radical (unpaired) electrons. The van der Waals surface area contributed by atoms with Crippen molar-refractivity contribution in [3.63, 3.8) is 0 Å². The molecule has 0 fully saturated rings. The van der Waals surface area contributed by atoms with Gasteiger partial charge in [0, 0.05) is 0 Å². The van der Waals surface area contributed by atoms with Gasteiger partial charge < -0.3 is 9.84 Å². The van der Waals surface area contributed by atoms with Crippen molar-refractivity contribution in [2.45, 2.75) is 40.2 Å². The predicted octanol–water partition coefficient (Wildman–Crippen LogP) is 2.15.